The second-order valence-electron chi connectivity index (χ2n) is 4.24. The van der Waals surface area contributed by atoms with Gasteiger partial charge >= 0.3 is 6.18 Å². The molecule has 21 heavy (non-hydrogen) atoms. The fourth-order valence-electron chi connectivity index (χ4n) is 1.46. The number of hydrogen-bond acceptors (Lipinski definition) is 4. The minimum atomic E-state index is -4.41. The Morgan fingerprint density at radius 1 is 1.24 bits per heavy atom. The molecule has 0 aromatic heterocycles. The maximum atomic E-state index is 12.1. The van der Waals surface area contributed by atoms with E-state index >= 15 is 0 Å². The predicted molar refractivity (Wildman–Crippen MR) is 69.5 cm³/mol. The standard InChI is InChI=1S/C12H16F3NO4S/c1-16(7-6-12(13,14)15)21(18,19)11-4-2-10(3-5-11)20-9-8-17/h2-5,17H,6-9H2,1H3. The largest absolute Gasteiger partial charge is 0.491 e. The summed E-state index contributed by atoms with van der Waals surface area (Å²) in [6, 6.07) is 5.23. The fourth-order valence-corrected chi connectivity index (χ4v) is 2.63. The van der Waals surface area contributed by atoms with E-state index in [9.17, 15) is 21.6 Å². The lowest BCUT2D eigenvalue weighted by Crippen LogP contribution is -2.30. The molecule has 120 valence electrons. The van der Waals surface area contributed by atoms with E-state index in [-0.39, 0.29) is 18.1 Å². The number of halogens is 3. The summed E-state index contributed by atoms with van der Waals surface area (Å²) in [6.45, 7) is -0.758. The van der Waals surface area contributed by atoms with E-state index in [0.29, 0.717) is 10.1 Å². The van der Waals surface area contributed by atoms with Crippen molar-refractivity contribution in [3.05, 3.63) is 24.3 Å². The SMILES string of the molecule is CN(CCC(F)(F)F)S(=O)(=O)c1ccc(OCCO)cc1. The van der Waals surface area contributed by atoms with Crippen LogP contribution in [0.2, 0.25) is 0 Å². The Morgan fingerprint density at radius 2 is 1.81 bits per heavy atom. The highest BCUT2D eigenvalue weighted by Gasteiger charge is 2.30. The van der Waals surface area contributed by atoms with Crippen LogP contribution in [0.3, 0.4) is 0 Å². The van der Waals surface area contributed by atoms with Gasteiger partial charge in [-0.1, -0.05) is 0 Å². The zero-order valence-corrected chi connectivity index (χ0v) is 12.1. The second kappa shape index (κ2) is 7.10. The van der Waals surface area contributed by atoms with E-state index in [2.05, 4.69) is 0 Å². The van der Waals surface area contributed by atoms with Crippen molar-refractivity contribution in [3.8, 4) is 5.75 Å². The third-order valence-electron chi connectivity index (χ3n) is 2.60. The number of aliphatic hydroxyl groups is 1. The molecular weight excluding hydrogens is 311 g/mol. The normalized spacial score (nSPS) is 12.7. The molecule has 0 aliphatic heterocycles. The predicted octanol–water partition coefficient (Wildman–Crippen LogP) is 1.63. The molecule has 0 heterocycles. The number of sulfonamides is 1. The van der Waals surface area contributed by atoms with Gasteiger partial charge in [0.05, 0.1) is 17.9 Å². The van der Waals surface area contributed by atoms with Crippen LogP contribution in [0.15, 0.2) is 29.2 Å². The first-order valence-corrected chi connectivity index (χ1v) is 7.47. The monoisotopic (exact) mass is 327 g/mol. The molecule has 1 N–H and O–H groups in total. The van der Waals surface area contributed by atoms with E-state index in [1.807, 2.05) is 0 Å². The van der Waals surface area contributed by atoms with Crippen LogP contribution >= 0.6 is 0 Å². The summed E-state index contributed by atoms with van der Waals surface area (Å²) >= 11 is 0. The third-order valence-corrected chi connectivity index (χ3v) is 4.47. The van der Waals surface area contributed by atoms with E-state index in [0.717, 1.165) is 7.05 Å². The average molecular weight is 327 g/mol. The van der Waals surface area contributed by atoms with Crippen LogP contribution in [0.4, 0.5) is 13.2 Å². The summed E-state index contributed by atoms with van der Waals surface area (Å²) in [5.74, 6) is 0.362. The summed E-state index contributed by atoms with van der Waals surface area (Å²) in [5, 5.41) is 8.59. The number of rotatable bonds is 7. The molecular formula is C12H16F3NO4S. The zero-order chi connectivity index (χ0) is 16.1. The van der Waals surface area contributed by atoms with E-state index < -0.39 is 29.2 Å². The Morgan fingerprint density at radius 3 is 2.29 bits per heavy atom. The van der Waals surface area contributed by atoms with Crippen molar-refractivity contribution < 1.29 is 31.4 Å². The van der Waals surface area contributed by atoms with Crippen LogP contribution in [0.25, 0.3) is 0 Å². The lowest BCUT2D eigenvalue weighted by atomic mass is 10.3. The summed E-state index contributed by atoms with van der Waals surface area (Å²) in [5.41, 5.74) is 0. The number of ether oxygens (including phenoxy) is 1. The minimum Gasteiger partial charge on any atom is -0.491 e. The van der Waals surface area contributed by atoms with Crippen molar-refractivity contribution in [1.29, 1.82) is 0 Å². The molecule has 0 unspecified atom stereocenters. The molecule has 0 atom stereocenters. The Hall–Kier alpha value is -1.32. The highest BCUT2D eigenvalue weighted by Crippen LogP contribution is 2.23. The number of alkyl halides is 3. The molecule has 0 saturated carbocycles. The van der Waals surface area contributed by atoms with Gasteiger partial charge in [-0.15, -0.1) is 0 Å². The van der Waals surface area contributed by atoms with Crippen molar-refractivity contribution >= 4 is 10.0 Å². The first-order chi connectivity index (χ1) is 9.66. The molecule has 1 rings (SSSR count). The van der Waals surface area contributed by atoms with Gasteiger partial charge in [-0.25, -0.2) is 12.7 Å². The summed E-state index contributed by atoms with van der Waals surface area (Å²) in [6.07, 6.45) is -5.62. The van der Waals surface area contributed by atoms with E-state index in [1.54, 1.807) is 0 Å². The lowest BCUT2D eigenvalue weighted by molar-refractivity contribution is -0.135. The van der Waals surface area contributed by atoms with Gasteiger partial charge < -0.3 is 9.84 Å². The lowest BCUT2D eigenvalue weighted by Gasteiger charge is -2.18. The van der Waals surface area contributed by atoms with Crippen molar-refractivity contribution in [2.75, 3.05) is 26.8 Å². The van der Waals surface area contributed by atoms with Gasteiger partial charge in [0.15, 0.2) is 0 Å². The molecule has 0 saturated heterocycles. The Balaban J connectivity index is 2.77. The average Bonchev–Trinajstić information content (AvgIpc) is 2.42. The molecule has 1 aromatic rings. The maximum absolute atomic E-state index is 12.1. The Kier molecular flexibility index (Phi) is 5.99. The first-order valence-electron chi connectivity index (χ1n) is 6.03. The molecule has 0 fully saturated rings. The molecule has 0 aliphatic carbocycles. The topological polar surface area (TPSA) is 66.8 Å². The number of benzene rings is 1. The second-order valence-corrected chi connectivity index (χ2v) is 6.28. The number of hydrogen-bond donors (Lipinski definition) is 1. The van der Waals surface area contributed by atoms with E-state index in [1.165, 1.54) is 24.3 Å². The minimum absolute atomic E-state index is 0.0670. The highest BCUT2D eigenvalue weighted by molar-refractivity contribution is 7.89. The smallest absolute Gasteiger partial charge is 0.390 e. The quantitative estimate of drug-likeness (QED) is 0.827. The van der Waals surface area contributed by atoms with Gasteiger partial charge in [0.25, 0.3) is 0 Å². The van der Waals surface area contributed by atoms with E-state index in [4.69, 9.17) is 9.84 Å². The molecule has 5 nitrogen and oxygen atoms in total. The summed E-state index contributed by atoms with van der Waals surface area (Å²) < 4.78 is 66.2. The third kappa shape index (κ3) is 5.52. The molecule has 9 heteroatoms. The van der Waals surface area contributed by atoms with Crippen LogP contribution in [0.5, 0.6) is 5.75 Å². The highest BCUT2D eigenvalue weighted by atomic mass is 32.2. The van der Waals surface area contributed by atoms with Crippen LogP contribution in [-0.4, -0.2) is 50.8 Å². The van der Waals surface area contributed by atoms with Crippen LogP contribution in [0, 0.1) is 0 Å². The van der Waals surface area contributed by atoms with Crippen LogP contribution < -0.4 is 4.74 Å². The maximum Gasteiger partial charge on any atom is 0.390 e. The number of nitrogens with zero attached hydrogens (tertiary/aromatic N) is 1. The molecule has 0 bridgehead atoms. The fraction of sp³-hybridized carbons (Fsp3) is 0.500. The van der Waals surface area contributed by atoms with Gasteiger partial charge in [-0.3, -0.25) is 0 Å². The Labute approximate surface area is 121 Å². The van der Waals surface area contributed by atoms with Crippen molar-refractivity contribution in [2.24, 2.45) is 0 Å². The summed E-state index contributed by atoms with van der Waals surface area (Å²) in [7, 11) is -2.88. The first kappa shape index (κ1) is 17.7. The molecule has 0 aliphatic rings. The molecule has 0 radical (unpaired) electrons. The van der Waals surface area contributed by atoms with Crippen molar-refractivity contribution in [3.63, 3.8) is 0 Å². The van der Waals surface area contributed by atoms with Gasteiger partial charge in [0.1, 0.15) is 12.4 Å². The van der Waals surface area contributed by atoms with Gasteiger partial charge in [-0.05, 0) is 24.3 Å². The van der Waals surface area contributed by atoms with Gasteiger partial charge in [0.2, 0.25) is 10.0 Å². The summed E-state index contributed by atoms with van der Waals surface area (Å²) in [4.78, 5) is -0.122. The molecule has 0 amide bonds. The zero-order valence-electron chi connectivity index (χ0n) is 11.3. The molecule has 1 aromatic carbocycles. The molecule has 0 spiro atoms. The Bertz CT molecular complexity index is 543. The van der Waals surface area contributed by atoms with Crippen LogP contribution in [0.1, 0.15) is 6.42 Å². The number of aliphatic hydroxyl groups excluding tert-OH is 1. The van der Waals surface area contributed by atoms with Gasteiger partial charge in [0, 0.05) is 13.6 Å². The van der Waals surface area contributed by atoms with Gasteiger partial charge in [-0.2, -0.15) is 13.2 Å². The van der Waals surface area contributed by atoms with Crippen molar-refractivity contribution in [1.82, 2.24) is 4.31 Å². The van der Waals surface area contributed by atoms with Crippen LogP contribution in [-0.2, 0) is 10.0 Å². The van der Waals surface area contributed by atoms with Crippen molar-refractivity contribution in [2.45, 2.75) is 17.5 Å².